The van der Waals surface area contributed by atoms with Gasteiger partial charge in [0.15, 0.2) is 11.5 Å². The predicted octanol–water partition coefficient (Wildman–Crippen LogP) is 2.26. The molecule has 1 aliphatic heterocycles. The number of aromatic nitrogens is 4. The van der Waals surface area contributed by atoms with Crippen molar-refractivity contribution in [1.82, 2.24) is 30.1 Å². The highest BCUT2D eigenvalue weighted by Crippen LogP contribution is 2.31. The summed E-state index contributed by atoms with van der Waals surface area (Å²) in [7, 11) is 1.87. The summed E-state index contributed by atoms with van der Waals surface area (Å²) in [5.74, 6) is 1.06. The van der Waals surface area contributed by atoms with Gasteiger partial charge < -0.3 is 14.7 Å². The van der Waals surface area contributed by atoms with Crippen LogP contribution in [0.5, 0.6) is 0 Å². The number of urea groups is 1. The Hall–Kier alpha value is -3.16. The number of hydrogen-bond donors (Lipinski definition) is 1. The maximum atomic E-state index is 12.5. The fourth-order valence-electron chi connectivity index (χ4n) is 3.09. The molecule has 8 heteroatoms. The molecule has 3 heterocycles. The van der Waals surface area contributed by atoms with Crippen LogP contribution in [0, 0.1) is 0 Å². The minimum absolute atomic E-state index is 0.101. The van der Waals surface area contributed by atoms with Crippen molar-refractivity contribution in [3.63, 3.8) is 0 Å². The van der Waals surface area contributed by atoms with E-state index in [1.807, 2.05) is 44.3 Å². The quantitative estimate of drug-likeness (QED) is 0.778. The molecule has 8 nitrogen and oxygen atoms in total. The Bertz CT molecular complexity index is 931. The number of hydrogen-bond acceptors (Lipinski definition) is 5. The summed E-state index contributed by atoms with van der Waals surface area (Å²) in [6, 6.07) is 9.75. The average Bonchev–Trinajstić information content (AvgIpc) is 3.37. The molecule has 0 radical (unpaired) electrons. The van der Waals surface area contributed by atoms with Gasteiger partial charge in [0.2, 0.25) is 0 Å². The zero-order valence-corrected chi connectivity index (χ0v) is 14.8. The highest BCUT2D eigenvalue weighted by Gasteiger charge is 2.32. The summed E-state index contributed by atoms with van der Waals surface area (Å²) >= 11 is 0. The maximum Gasteiger partial charge on any atom is 0.318 e. The van der Waals surface area contributed by atoms with Crippen molar-refractivity contribution in [3.05, 3.63) is 53.0 Å². The zero-order valence-electron chi connectivity index (χ0n) is 14.8. The molecule has 0 spiro atoms. The lowest BCUT2D eigenvalue weighted by molar-refractivity contribution is 0.197. The van der Waals surface area contributed by atoms with Crippen LogP contribution in [-0.4, -0.2) is 30.9 Å². The Labute approximate surface area is 150 Å². The molecule has 1 aliphatic rings. The molecule has 0 saturated heterocycles. The van der Waals surface area contributed by atoms with E-state index in [9.17, 15) is 4.79 Å². The molecule has 0 aliphatic carbocycles. The first-order valence-electron chi connectivity index (χ1n) is 8.60. The van der Waals surface area contributed by atoms with E-state index in [-0.39, 0.29) is 6.03 Å². The molecule has 0 unspecified atom stereocenters. The van der Waals surface area contributed by atoms with E-state index >= 15 is 0 Å². The van der Waals surface area contributed by atoms with Crippen molar-refractivity contribution < 1.29 is 9.32 Å². The number of carbonyl (C=O) groups excluding carboxylic acids is 1. The van der Waals surface area contributed by atoms with Gasteiger partial charge in [-0.25, -0.2) is 4.79 Å². The van der Waals surface area contributed by atoms with Gasteiger partial charge in [-0.05, 0) is 5.56 Å². The Kier molecular flexibility index (Phi) is 4.16. The second kappa shape index (κ2) is 6.62. The second-order valence-electron chi connectivity index (χ2n) is 6.27. The van der Waals surface area contributed by atoms with Gasteiger partial charge in [0.05, 0.1) is 18.8 Å². The first-order chi connectivity index (χ1) is 12.7. The van der Waals surface area contributed by atoms with Crippen LogP contribution in [0.15, 0.2) is 34.9 Å². The fourth-order valence-corrected chi connectivity index (χ4v) is 3.09. The number of carbonyl (C=O) groups is 1. The summed E-state index contributed by atoms with van der Waals surface area (Å²) in [5, 5.41) is 11.4. The molecule has 1 aromatic carbocycles. The van der Waals surface area contributed by atoms with Crippen LogP contribution < -0.4 is 5.32 Å². The Morgan fingerprint density at radius 1 is 1.27 bits per heavy atom. The minimum atomic E-state index is -0.101. The van der Waals surface area contributed by atoms with Crippen LogP contribution in [0.4, 0.5) is 4.79 Å². The second-order valence-corrected chi connectivity index (χ2v) is 6.27. The van der Waals surface area contributed by atoms with E-state index in [2.05, 4.69) is 20.6 Å². The van der Waals surface area contributed by atoms with Crippen LogP contribution in [0.3, 0.4) is 0 Å². The number of aryl methyl sites for hydroxylation is 2. The van der Waals surface area contributed by atoms with Gasteiger partial charge >= 0.3 is 6.03 Å². The third kappa shape index (κ3) is 2.94. The van der Waals surface area contributed by atoms with E-state index < -0.39 is 0 Å². The smallest absolute Gasteiger partial charge is 0.318 e. The molecule has 0 atom stereocenters. The van der Waals surface area contributed by atoms with E-state index in [4.69, 9.17) is 4.52 Å². The van der Waals surface area contributed by atoms with Crippen molar-refractivity contribution in [1.29, 1.82) is 0 Å². The predicted molar refractivity (Wildman–Crippen MR) is 93.8 cm³/mol. The molecule has 0 bridgehead atoms. The number of fused-ring (bicyclic) bond motifs is 1. The van der Waals surface area contributed by atoms with E-state index in [1.165, 1.54) is 0 Å². The summed E-state index contributed by atoms with van der Waals surface area (Å²) in [6.07, 6.45) is 0.701. The summed E-state index contributed by atoms with van der Waals surface area (Å²) in [4.78, 5) is 18.7. The van der Waals surface area contributed by atoms with Gasteiger partial charge in [-0.15, -0.1) is 0 Å². The van der Waals surface area contributed by atoms with Gasteiger partial charge in [-0.2, -0.15) is 10.1 Å². The molecule has 1 N–H and O–H groups in total. The zero-order chi connectivity index (χ0) is 18.1. The normalized spacial score (nSPS) is 13.1. The van der Waals surface area contributed by atoms with Gasteiger partial charge in [0.25, 0.3) is 5.89 Å². The molecule has 0 fully saturated rings. The number of rotatable bonds is 4. The number of nitrogens with zero attached hydrogens (tertiary/aromatic N) is 5. The molecule has 0 saturated carbocycles. The molecule has 3 aromatic rings. The van der Waals surface area contributed by atoms with Crippen molar-refractivity contribution >= 4 is 6.03 Å². The summed E-state index contributed by atoms with van der Waals surface area (Å²) in [6.45, 7) is 3.45. The average molecular weight is 352 g/mol. The van der Waals surface area contributed by atoms with Crippen LogP contribution >= 0.6 is 0 Å². The molecule has 2 amide bonds. The van der Waals surface area contributed by atoms with Crippen LogP contribution in [0.25, 0.3) is 11.6 Å². The third-order valence-electron chi connectivity index (χ3n) is 4.53. The Morgan fingerprint density at radius 3 is 2.81 bits per heavy atom. The maximum absolute atomic E-state index is 12.5. The number of benzene rings is 1. The fraction of sp³-hybridized carbons (Fsp3) is 0.333. The van der Waals surface area contributed by atoms with Crippen molar-refractivity contribution in [3.8, 4) is 11.6 Å². The lowest BCUT2D eigenvalue weighted by Gasteiger charge is -2.17. The number of nitrogens with one attached hydrogen (secondary N) is 1. The monoisotopic (exact) mass is 352 g/mol. The van der Waals surface area contributed by atoms with Gasteiger partial charge in [0, 0.05) is 25.6 Å². The van der Waals surface area contributed by atoms with Crippen LogP contribution in [0.2, 0.25) is 0 Å². The Morgan fingerprint density at radius 2 is 2.08 bits per heavy atom. The Balaban J connectivity index is 1.48. The highest BCUT2D eigenvalue weighted by molar-refractivity contribution is 5.75. The molecule has 4 rings (SSSR count). The molecule has 2 aromatic heterocycles. The van der Waals surface area contributed by atoms with Gasteiger partial charge in [-0.1, -0.05) is 42.4 Å². The van der Waals surface area contributed by atoms with Crippen LogP contribution in [0.1, 0.15) is 29.6 Å². The van der Waals surface area contributed by atoms with Crippen molar-refractivity contribution in [2.24, 2.45) is 7.05 Å². The molecule has 134 valence electrons. The first-order valence-corrected chi connectivity index (χ1v) is 8.60. The SMILES string of the molecule is CCc1noc(-c2nn(C)c3c2CN(C(=O)NCc2ccccc2)C3)n1. The number of amides is 2. The highest BCUT2D eigenvalue weighted by atomic mass is 16.5. The van der Waals surface area contributed by atoms with Crippen LogP contribution in [-0.2, 0) is 33.1 Å². The van der Waals surface area contributed by atoms with Crippen molar-refractivity contribution in [2.45, 2.75) is 33.0 Å². The molecular formula is C18H20N6O2. The largest absolute Gasteiger partial charge is 0.334 e. The lowest BCUT2D eigenvalue weighted by Crippen LogP contribution is -2.36. The molecule has 26 heavy (non-hydrogen) atoms. The van der Waals surface area contributed by atoms with E-state index in [1.54, 1.807) is 9.58 Å². The molecular weight excluding hydrogens is 332 g/mol. The summed E-state index contributed by atoms with van der Waals surface area (Å²) < 4.78 is 7.11. The third-order valence-corrected chi connectivity index (χ3v) is 4.53. The van der Waals surface area contributed by atoms with Gasteiger partial charge in [0.1, 0.15) is 0 Å². The standard InChI is InChI=1S/C18H20N6O2/c1-3-15-20-17(26-22-15)16-13-10-24(11-14(13)23(2)21-16)18(25)19-9-12-7-5-4-6-8-12/h4-8H,3,9-11H2,1-2H3,(H,19,25). The summed E-state index contributed by atoms with van der Waals surface area (Å²) in [5.41, 5.74) is 3.69. The lowest BCUT2D eigenvalue weighted by atomic mass is 10.2. The first kappa shape index (κ1) is 16.3. The van der Waals surface area contributed by atoms with Crippen molar-refractivity contribution in [2.75, 3.05) is 0 Å². The minimum Gasteiger partial charge on any atom is -0.334 e. The van der Waals surface area contributed by atoms with Gasteiger partial charge in [-0.3, -0.25) is 4.68 Å². The topological polar surface area (TPSA) is 89.1 Å². The van der Waals surface area contributed by atoms with E-state index in [0.717, 1.165) is 16.8 Å². The van der Waals surface area contributed by atoms with E-state index in [0.29, 0.717) is 43.5 Å².